The predicted molar refractivity (Wildman–Crippen MR) is 64.1 cm³/mol. The van der Waals surface area contributed by atoms with Gasteiger partial charge in [0.2, 0.25) is 0 Å². The monoisotopic (exact) mass is 250 g/mol. The number of H-pyrrole nitrogens is 1. The number of esters is 1. The zero-order chi connectivity index (χ0) is 12.3. The maximum atomic E-state index is 11.7. The van der Waals surface area contributed by atoms with Crippen molar-refractivity contribution >= 4 is 17.3 Å². The van der Waals surface area contributed by atoms with Crippen molar-refractivity contribution in [3.8, 4) is 10.6 Å². The molecule has 0 aliphatic heterocycles. The number of carbonyl (C=O) groups excluding carboxylic acids is 1. The Hall–Kier alpha value is -1.95. The van der Waals surface area contributed by atoms with Crippen molar-refractivity contribution in [3.05, 3.63) is 39.8 Å². The van der Waals surface area contributed by atoms with Crippen LogP contribution in [0.1, 0.15) is 17.3 Å². The van der Waals surface area contributed by atoms with E-state index in [0.717, 1.165) is 4.88 Å². The van der Waals surface area contributed by atoms with Crippen LogP contribution in [-0.4, -0.2) is 22.5 Å². The number of hydrogen-bond donors (Lipinski definition) is 1. The van der Waals surface area contributed by atoms with Gasteiger partial charge in [-0.3, -0.25) is 0 Å². The normalized spacial score (nSPS) is 10.2. The van der Waals surface area contributed by atoms with Crippen LogP contribution in [0, 0.1) is 0 Å². The maximum absolute atomic E-state index is 11.7. The van der Waals surface area contributed by atoms with Gasteiger partial charge < -0.3 is 9.72 Å². The van der Waals surface area contributed by atoms with E-state index in [-0.39, 0.29) is 12.2 Å². The van der Waals surface area contributed by atoms with Crippen molar-refractivity contribution < 1.29 is 9.53 Å². The number of thiophene rings is 1. The number of hydrogen-bond acceptors (Lipinski definition) is 5. The minimum absolute atomic E-state index is 0.272. The predicted octanol–water partition coefficient (Wildman–Crippen LogP) is 1.68. The first-order valence-electron chi connectivity index (χ1n) is 5.02. The largest absolute Gasteiger partial charge is 0.462 e. The van der Waals surface area contributed by atoms with Gasteiger partial charge >= 0.3 is 11.7 Å². The Labute approximate surface area is 101 Å². The Morgan fingerprint density at radius 1 is 1.59 bits per heavy atom. The van der Waals surface area contributed by atoms with E-state index in [0.29, 0.717) is 5.69 Å². The molecular weight excluding hydrogens is 240 g/mol. The molecule has 6 heteroatoms. The van der Waals surface area contributed by atoms with Crippen molar-refractivity contribution in [1.82, 2.24) is 9.97 Å². The third-order valence-electron chi connectivity index (χ3n) is 2.08. The molecule has 5 nitrogen and oxygen atoms in total. The molecule has 88 valence electrons. The van der Waals surface area contributed by atoms with E-state index in [1.807, 2.05) is 17.5 Å². The summed E-state index contributed by atoms with van der Waals surface area (Å²) in [6, 6.07) is 3.66. The smallest absolute Gasteiger partial charge is 0.345 e. The van der Waals surface area contributed by atoms with E-state index in [2.05, 4.69) is 9.97 Å². The van der Waals surface area contributed by atoms with Gasteiger partial charge in [-0.1, -0.05) is 6.07 Å². The fourth-order valence-electron chi connectivity index (χ4n) is 1.37. The summed E-state index contributed by atoms with van der Waals surface area (Å²) >= 11 is 1.43. The van der Waals surface area contributed by atoms with Gasteiger partial charge in [0.15, 0.2) is 0 Å². The quantitative estimate of drug-likeness (QED) is 0.841. The molecule has 1 N–H and O–H groups in total. The highest BCUT2D eigenvalue weighted by molar-refractivity contribution is 7.13. The summed E-state index contributed by atoms with van der Waals surface area (Å²) in [4.78, 5) is 29.8. The molecule has 0 fully saturated rings. The molecule has 0 saturated carbocycles. The summed E-state index contributed by atoms with van der Waals surface area (Å²) in [7, 11) is 0. The first-order chi connectivity index (χ1) is 8.22. The molecule has 0 amide bonds. The van der Waals surface area contributed by atoms with Gasteiger partial charge in [-0.2, -0.15) is 0 Å². The molecule has 0 unspecified atom stereocenters. The van der Waals surface area contributed by atoms with Crippen LogP contribution in [0.2, 0.25) is 0 Å². The molecule has 0 aromatic carbocycles. The highest BCUT2D eigenvalue weighted by Crippen LogP contribution is 2.25. The molecule has 0 radical (unpaired) electrons. The van der Waals surface area contributed by atoms with Crippen molar-refractivity contribution in [2.24, 2.45) is 0 Å². The number of ether oxygens (including phenoxy) is 1. The first-order valence-corrected chi connectivity index (χ1v) is 5.90. The Morgan fingerprint density at radius 3 is 3.06 bits per heavy atom. The minimum Gasteiger partial charge on any atom is -0.462 e. The lowest BCUT2D eigenvalue weighted by Gasteiger charge is -2.05. The second-order valence-electron chi connectivity index (χ2n) is 3.17. The number of nitrogens with one attached hydrogen (secondary N) is 1. The minimum atomic E-state index is -0.486. The molecule has 2 aromatic rings. The first kappa shape index (κ1) is 11.5. The van der Waals surface area contributed by atoms with Gasteiger partial charge in [-0.05, 0) is 18.4 Å². The fraction of sp³-hybridized carbons (Fsp3) is 0.182. The Kier molecular flexibility index (Phi) is 3.34. The second-order valence-corrected chi connectivity index (χ2v) is 4.12. The number of aromatic nitrogens is 2. The van der Waals surface area contributed by atoms with E-state index in [9.17, 15) is 9.59 Å². The number of rotatable bonds is 3. The van der Waals surface area contributed by atoms with E-state index in [4.69, 9.17) is 4.74 Å². The average Bonchev–Trinajstić information content (AvgIpc) is 2.82. The molecular formula is C11H10N2O3S. The summed E-state index contributed by atoms with van der Waals surface area (Å²) < 4.78 is 4.91. The number of aromatic amines is 1. The number of carbonyl (C=O) groups is 1. The highest BCUT2D eigenvalue weighted by atomic mass is 32.1. The molecule has 0 bridgehead atoms. The van der Waals surface area contributed by atoms with Crippen molar-refractivity contribution in [3.63, 3.8) is 0 Å². The summed E-state index contributed by atoms with van der Waals surface area (Å²) in [6.45, 7) is 2.00. The van der Waals surface area contributed by atoms with Crippen LogP contribution in [0.4, 0.5) is 0 Å². The van der Waals surface area contributed by atoms with Crippen molar-refractivity contribution in [2.75, 3.05) is 6.61 Å². The Bertz CT molecular complexity index is 575. The molecule has 0 saturated heterocycles. The van der Waals surface area contributed by atoms with Crippen LogP contribution >= 0.6 is 11.3 Å². The van der Waals surface area contributed by atoms with Gasteiger partial charge in [0, 0.05) is 6.20 Å². The van der Waals surface area contributed by atoms with Gasteiger partial charge in [-0.25, -0.2) is 14.6 Å². The van der Waals surface area contributed by atoms with E-state index in [1.165, 1.54) is 17.5 Å². The zero-order valence-electron chi connectivity index (χ0n) is 9.10. The second kappa shape index (κ2) is 4.92. The molecule has 0 atom stereocenters. The molecule has 17 heavy (non-hydrogen) atoms. The van der Waals surface area contributed by atoms with Crippen LogP contribution in [-0.2, 0) is 4.74 Å². The molecule has 0 spiro atoms. The summed E-state index contributed by atoms with van der Waals surface area (Å²) in [5, 5.41) is 1.86. The Morgan fingerprint density at radius 2 is 2.41 bits per heavy atom. The van der Waals surface area contributed by atoms with Crippen molar-refractivity contribution in [1.29, 1.82) is 0 Å². The van der Waals surface area contributed by atoms with Crippen LogP contribution in [0.5, 0.6) is 0 Å². The van der Waals surface area contributed by atoms with Gasteiger partial charge in [-0.15, -0.1) is 11.3 Å². The SMILES string of the molecule is CCOC(=O)c1cnc(=O)[nH]c1-c1cccs1. The average molecular weight is 250 g/mol. The summed E-state index contributed by atoms with van der Waals surface area (Å²) in [5.41, 5.74) is 0.244. The third kappa shape index (κ3) is 2.42. The lowest BCUT2D eigenvalue weighted by molar-refractivity contribution is 0.0526. The number of nitrogens with zero attached hydrogens (tertiary/aromatic N) is 1. The summed E-state index contributed by atoms with van der Waals surface area (Å²) in [6.07, 6.45) is 1.24. The van der Waals surface area contributed by atoms with Crippen molar-refractivity contribution in [2.45, 2.75) is 6.92 Å². The molecule has 0 aliphatic rings. The van der Waals surface area contributed by atoms with Gasteiger partial charge in [0.05, 0.1) is 17.2 Å². The highest BCUT2D eigenvalue weighted by Gasteiger charge is 2.16. The van der Waals surface area contributed by atoms with E-state index < -0.39 is 11.7 Å². The Balaban J connectivity index is 2.52. The van der Waals surface area contributed by atoms with E-state index in [1.54, 1.807) is 6.92 Å². The topological polar surface area (TPSA) is 72.0 Å². The van der Waals surface area contributed by atoms with Crippen LogP contribution in [0.3, 0.4) is 0 Å². The fourth-order valence-corrected chi connectivity index (χ4v) is 2.11. The van der Waals surface area contributed by atoms with Gasteiger partial charge in [0.1, 0.15) is 5.56 Å². The van der Waals surface area contributed by atoms with Crippen LogP contribution in [0.25, 0.3) is 10.6 Å². The summed E-state index contributed by atoms with van der Waals surface area (Å²) in [5.74, 6) is -0.486. The third-order valence-corrected chi connectivity index (χ3v) is 2.96. The molecule has 2 heterocycles. The van der Waals surface area contributed by atoms with Crippen LogP contribution < -0.4 is 5.69 Å². The molecule has 0 aliphatic carbocycles. The zero-order valence-corrected chi connectivity index (χ0v) is 9.91. The molecule has 2 rings (SSSR count). The standard InChI is InChI=1S/C11H10N2O3S/c1-2-16-10(14)7-6-12-11(15)13-9(7)8-4-3-5-17-8/h3-6H,2H2,1H3,(H,12,13,15). The lowest BCUT2D eigenvalue weighted by Crippen LogP contribution is -2.16. The lowest BCUT2D eigenvalue weighted by atomic mass is 10.2. The molecule has 2 aromatic heterocycles. The van der Waals surface area contributed by atoms with Gasteiger partial charge in [0.25, 0.3) is 0 Å². The van der Waals surface area contributed by atoms with Crippen LogP contribution in [0.15, 0.2) is 28.5 Å². The maximum Gasteiger partial charge on any atom is 0.345 e. The van der Waals surface area contributed by atoms with E-state index >= 15 is 0 Å².